The molecule has 0 radical (unpaired) electrons. The van der Waals surface area contributed by atoms with Crippen molar-refractivity contribution in [3.05, 3.63) is 80.2 Å². The Hall–Kier alpha value is -2.44. The van der Waals surface area contributed by atoms with Crippen LogP contribution in [0, 0.1) is 6.92 Å². The van der Waals surface area contributed by atoms with Crippen LogP contribution >= 0.6 is 22.9 Å². The van der Waals surface area contributed by atoms with Gasteiger partial charge in [0.05, 0.1) is 17.8 Å². The number of anilines is 1. The van der Waals surface area contributed by atoms with Gasteiger partial charge >= 0.3 is 0 Å². The van der Waals surface area contributed by atoms with E-state index in [1.165, 1.54) is 28.0 Å². The number of aryl methyl sites for hydroxylation is 1. The zero-order valence-corrected chi connectivity index (χ0v) is 14.4. The molecule has 0 bridgehead atoms. The Balaban J connectivity index is 1.83. The summed E-state index contributed by atoms with van der Waals surface area (Å²) in [5.41, 5.74) is 1.94. The molecule has 1 aromatic carbocycles. The van der Waals surface area contributed by atoms with Crippen LogP contribution in [0.25, 0.3) is 0 Å². The minimum atomic E-state index is -0.302. The third kappa shape index (κ3) is 3.90. The number of carbonyl (C=O) groups excluding carboxylic acids is 1. The molecule has 7 heteroatoms. The van der Waals surface area contributed by atoms with Crippen molar-refractivity contribution in [1.29, 1.82) is 0 Å². The molecule has 2 aromatic heterocycles. The minimum absolute atomic E-state index is 0.184. The standard InChI is InChI=1S/C17H14ClN3O2S/c1-11-10-24-17(19-11)20-16(23)13-5-6-15(22)21(9-13)8-12-3-2-4-14(18)7-12/h2-7,9-10H,8H2,1H3,(H,19,20,23). The summed E-state index contributed by atoms with van der Waals surface area (Å²) < 4.78 is 1.48. The molecule has 3 rings (SSSR count). The van der Waals surface area contributed by atoms with Gasteiger partial charge in [-0.1, -0.05) is 23.7 Å². The second-order valence-corrected chi connectivity index (χ2v) is 6.56. The first-order chi connectivity index (χ1) is 11.5. The average Bonchev–Trinajstić information content (AvgIpc) is 2.94. The molecule has 24 heavy (non-hydrogen) atoms. The lowest BCUT2D eigenvalue weighted by molar-refractivity contribution is 0.102. The molecule has 0 fully saturated rings. The Bertz CT molecular complexity index is 949. The van der Waals surface area contributed by atoms with Gasteiger partial charge in [0.1, 0.15) is 0 Å². The average molecular weight is 360 g/mol. The van der Waals surface area contributed by atoms with Crippen LogP contribution < -0.4 is 10.9 Å². The molecular weight excluding hydrogens is 346 g/mol. The van der Waals surface area contributed by atoms with Gasteiger partial charge in [-0.15, -0.1) is 11.3 Å². The van der Waals surface area contributed by atoms with E-state index in [0.29, 0.717) is 22.3 Å². The molecule has 0 spiro atoms. The Morgan fingerprint density at radius 1 is 1.33 bits per heavy atom. The number of pyridine rings is 1. The van der Waals surface area contributed by atoms with Crippen LogP contribution in [-0.2, 0) is 6.54 Å². The normalized spacial score (nSPS) is 10.6. The second kappa shape index (κ2) is 6.98. The number of benzene rings is 1. The molecule has 1 amide bonds. The first-order valence-corrected chi connectivity index (χ1v) is 8.45. The van der Waals surface area contributed by atoms with Crippen LogP contribution in [0.5, 0.6) is 0 Å². The van der Waals surface area contributed by atoms with Crippen molar-refractivity contribution in [3.8, 4) is 0 Å². The van der Waals surface area contributed by atoms with Gasteiger partial charge in [-0.05, 0) is 30.7 Å². The molecule has 5 nitrogen and oxygen atoms in total. The van der Waals surface area contributed by atoms with E-state index in [2.05, 4.69) is 10.3 Å². The molecule has 0 saturated carbocycles. The van der Waals surface area contributed by atoms with Crippen molar-refractivity contribution >= 4 is 34.0 Å². The number of amides is 1. The van der Waals surface area contributed by atoms with Crippen molar-refractivity contribution in [2.24, 2.45) is 0 Å². The first kappa shape index (κ1) is 16.4. The highest BCUT2D eigenvalue weighted by molar-refractivity contribution is 7.13. The molecule has 0 unspecified atom stereocenters. The molecule has 0 aliphatic carbocycles. The molecule has 0 aliphatic rings. The SMILES string of the molecule is Cc1csc(NC(=O)c2ccc(=O)n(Cc3cccc(Cl)c3)c2)n1. The van der Waals surface area contributed by atoms with Crippen LogP contribution in [-0.4, -0.2) is 15.5 Å². The van der Waals surface area contributed by atoms with Crippen LogP contribution in [0.3, 0.4) is 0 Å². The lowest BCUT2D eigenvalue weighted by atomic mass is 10.2. The van der Waals surface area contributed by atoms with E-state index in [1.807, 2.05) is 24.4 Å². The quantitative estimate of drug-likeness (QED) is 0.774. The van der Waals surface area contributed by atoms with Crippen molar-refractivity contribution in [3.63, 3.8) is 0 Å². The highest BCUT2D eigenvalue weighted by Gasteiger charge is 2.10. The van der Waals surface area contributed by atoms with Crippen molar-refractivity contribution in [1.82, 2.24) is 9.55 Å². The third-order valence-corrected chi connectivity index (χ3v) is 4.44. The summed E-state index contributed by atoms with van der Waals surface area (Å²) in [6.45, 7) is 2.20. The van der Waals surface area contributed by atoms with E-state index in [0.717, 1.165) is 11.3 Å². The maximum Gasteiger partial charge on any atom is 0.258 e. The van der Waals surface area contributed by atoms with Gasteiger partial charge in [0.15, 0.2) is 5.13 Å². The topological polar surface area (TPSA) is 64.0 Å². The fraction of sp³-hybridized carbons (Fsp3) is 0.118. The predicted molar refractivity (Wildman–Crippen MR) is 96.1 cm³/mol. The molecule has 0 atom stereocenters. The third-order valence-electron chi connectivity index (χ3n) is 3.33. The molecule has 0 saturated heterocycles. The smallest absolute Gasteiger partial charge is 0.258 e. The number of nitrogens with zero attached hydrogens (tertiary/aromatic N) is 2. The molecule has 122 valence electrons. The van der Waals surface area contributed by atoms with E-state index in [4.69, 9.17) is 11.6 Å². The van der Waals surface area contributed by atoms with Crippen LogP contribution in [0.1, 0.15) is 21.6 Å². The Morgan fingerprint density at radius 3 is 2.88 bits per heavy atom. The van der Waals surface area contributed by atoms with E-state index in [1.54, 1.807) is 18.3 Å². The summed E-state index contributed by atoms with van der Waals surface area (Å²) in [6, 6.07) is 10.2. The van der Waals surface area contributed by atoms with Gasteiger partial charge in [-0.25, -0.2) is 4.98 Å². The van der Waals surface area contributed by atoms with Crippen LogP contribution in [0.4, 0.5) is 5.13 Å². The highest BCUT2D eigenvalue weighted by Crippen LogP contribution is 2.16. The molecule has 2 heterocycles. The number of hydrogen-bond acceptors (Lipinski definition) is 4. The summed E-state index contributed by atoms with van der Waals surface area (Å²) in [7, 11) is 0. The predicted octanol–water partition coefficient (Wildman–Crippen LogP) is 3.57. The second-order valence-electron chi connectivity index (χ2n) is 5.26. The van der Waals surface area contributed by atoms with Crippen molar-refractivity contribution in [2.75, 3.05) is 5.32 Å². The Labute approximate surface area is 147 Å². The van der Waals surface area contributed by atoms with Gasteiger partial charge in [0.2, 0.25) is 0 Å². The van der Waals surface area contributed by atoms with Gasteiger partial charge in [0, 0.05) is 22.7 Å². The number of carbonyl (C=O) groups is 1. The Morgan fingerprint density at radius 2 is 2.17 bits per heavy atom. The number of hydrogen-bond donors (Lipinski definition) is 1. The van der Waals surface area contributed by atoms with Gasteiger partial charge in [0.25, 0.3) is 11.5 Å². The molecule has 3 aromatic rings. The fourth-order valence-electron chi connectivity index (χ4n) is 2.20. The minimum Gasteiger partial charge on any atom is -0.310 e. The van der Waals surface area contributed by atoms with E-state index < -0.39 is 0 Å². The number of rotatable bonds is 4. The van der Waals surface area contributed by atoms with E-state index in [9.17, 15) is 9.59 Å². The summed E-state index contributed by atoms with van der Waals surface area (Å²) in [5.74, 6) is -0.302. The van der Waals surface area contributed by atoms with Crippen LogP contribution in [0.15, 0.2) is 52.8 Å². The molecule has 1 N–H and O–H groups in total. The van der Waals surface area contributed by atoms with Gasteiger partial charge < -0.3 is 4.57 Å². The number of thiazole rings is 1. The maximum absolute atomic E-state index is 12.3. The van der Waals surface area contributed by atoms with Crippen molar-refractivity contribution < 1.29 is 4.79 Å². The summed E-state index contributed by atoms with van der Waals surface area (Å²) >= 11 is 7.33. The van der Waals surface area contributed by atoms with E-state index >= 15 is 0 Å². The summed E-state index contributed by atoms with van der Waals surface area (Å²) in [5, 5.41) is 5.73. The number of aromatic nitrogens is 2. The fourth-order valence-corrected chi connectivity index (χ4v) is 3.10. The zero-order valence-electron chi connectivity index (χ0n) is 12.8. The Kier molecular flexibility index (Phi) is 4.78. The molecule has 0 aliphatic heterocycles. The molecular formula is C17H14ClN3O2S. The lowest BCUT2D eigenvalue weighted by Gasteiger charge is -2.08. The first-order valence-electron chi connectivity index (χ1n) is 7.20. The number of halogens is 1. The largest absolute Gasteiger partial charge is 0.310 e. The van der Waals surface area contributed by atoms with E-state index in [-0.39, 0.29) is 11.5 Å². The highest BCUT2D eigenvalue weighted by atomic mass is 35.5. The van der Waals surface area contributed by atoms with Crippen molar-refractivity contribution in [2.45, 2.75) is 13.5 Å². The van der Waals surface area contributed by atoms with Crippen LogP contribution in [0.2, 0.25) is 5.02 Å². The lowest BCUT2D eigenvalue weighted by Crippen LogP contribution is -2.22. The summed E-state index contributed by atoms with van der Waals surface area (Å²) in [4.78, 5) is 28.5. The zero-order chi connectivity index (χ0) is 17.1. The number of nitrogens with one attached hydrogen (secondary N) is 1. The maximum atomic E-state index is 12.3. The summed E-state index contributed by atoms with van der Waals surface area (Å²) in [6.07, 6.45) is 1.54. The monoisotopic (exact) mass is 359 g/mol. The van der Waals surface area contributed by atoms with Gasteiger partial charge in [-0.2, -0.15) is 0 Å². The van der Waals surface area contributed by atoms with Gasteiger partial charge in [-0.3, -0.25) is 14.9 Å².